The summed E-state index contributed by atoms with van der Waals surface area (Å²) in [6.07, 6.45) is -3.28. The van der Waals surface area contributed by atoms with Gasteiger partial charge < -0.3 is 15.4 Å². The number of anilines is 1. The van der Waals surface area contributed by atoms with Crippen LogP contribution in [-0.4, -0.2) is 66.9 Å². The van der Waals surface area contributed by atoms with Crippen LogP contribution in [0.2, 0.25) is 0 Å². The van der Waals surface area contributed by atoms with Gasteiger partial charge in [0.25, 0.3) is 11.8 Å². The molecule has 4 amide bonds. The van der Waals surface area contributed by atoms with Gasteiger partial charge in [-0.05, 0) is 87.6 Å². The number of nitrogens with one attached hydrogen (secondary N) is 2. The number of halogens is 3. The number of amidine groups is 1. The number of hydrogen-bond acceptors (Lipinski definition) is 7. The monoisotopic (exact) mass is 633 g/mol. The summed E-state index contributed by atoms with van der Waals surface area (Å²) in [5.41, 5.74) is 0.240. The summed E-state index contributed by atoms with van der Waals surface area (Å²) in [6, 6.07) is 7.82. The molecule has 2 aromatic carbocycles. The number of nitrogens with zero attached hydrogens (tertiary/aromatic N) is 3. The molecule has 0 aromatic heterocycles. The topological polar surface area (TPSA) is 137 Å². The Morgan fingerprint density at radius 1 is 1.02 bits per heavy atom. The first-order chi connectivity index (χ1) is 20.4. The van der Waals surface area contributed by atoms with E-state index in [2.05, 4.69) is 20.4 Å². The summed E-state index contributed by atoms with van der Waals surface area (Å²) in [5.74, 6) is -1.22. The van der Waals surface area contributed by atoms with E-state index < -0.39 is 51.1 Å². The van der Waals surface area contributed by atoms with Gasteiger partial charge in [0.15, 0.2) is 0 Å². The van der Waals surface area contributed by atoms with E-state index in [1.807, 2.05) is 0 Å². The largest absolute Gasteiger partial charge is 0.573 e. The maximum absolute atomic E-state index is 13.2. The molecule has 0 saturated carbocycles. The van der Waals surface area contributed by atoms with Crippen molar-refractivity contribution >= 4 is 45.5 Å². The van der Waals surface area contributed by atoms with Crippen molar-refractivity contribution in [3.63, 3.8) is 0 Å². The lowest BCUT2D eigenvalue weighted by Gasteiger charge is -2.34. The number of piperidine rings is 1. The van der Waals surface area contributed by atoms with Crippen LogP contribution in [0.5, 0.6) is 5.75 Å². The number of hydrogen-bond donors (Lipinski definition) is 2. The first-order valence-corrected chi connectivity index (χ1v) is 15.1. The van der Waals surface area contributed by atoms with Crippen molar-refractivity contribution in [1.29, 1.82) is 0 Å². The normalized spacial score (nSPS) is 20.3. The summed E-state index contributed by atoms with van der Waals surface area (Å²) in [6.45, 7) is 6.70. The molecule has 2 fully saturated rings. The van der Waals surface area contributed by atoms with Crippen LogP contribution in [0.1, 0.15) is 48.9 Å². The molecule has 1 spiro atoms. The fourth-order valence-electron chi connectivity index (χ4n) is 5.51. The van der Waals surface area contributed by atoms with Gasteiger partial charge >= 0.3 is 12.4 Å². The van der Waals surface area contributed by atoms with Crippen LogP contribution < -0.4 is 20.3 Å². The molecule has 11 nitrogen and oxygen atoms in total. The molecule has 234 valence electrons. The number of carbonyl (C=O) groups excluding carboxylic acids is 3. The third-order valence-electron chi connectivity index (χ3n) is 7.83. The molecule has 3 heterocycles. The molecule has 0 bridgehead atoms. The molecule has 0 aliphatic carbocycles. The quantitative estimate of drug-likeness (QED) is 0.465. The number of aliphatic imine (C=N–C) groups is 1. The minimum atomic E-state index is -4.88. The first kappa shape index (κ1) is 31.2. The molecule has 2 saturated heterocycles. The highest BCUT2D eigenvalue weighted by Gasteiger charge is 2.48. The fraction of sp³-hybridized carbons (Fsp3) is 0.379. The van der Waals surface area contributed by atoms with Crippen molar-refractivity contribution < 1.29 is 40.7 Å². The molecule has 15 heteroatoms. The third kappa shape index (κ3) is 5.93. The number of urea groups is 1. The number of amides is 4. The zero-order chi connectivity index (χ0) is 32.2. The molecular weight excluding hydrogens is 603 g/mol. The minimum Gasteiger partial charge on any atom is -0.406 e. The predicted octanol–water partition coefficient (Wildman–Crippen LogP) is 3.75. The van der Waals surface area contributed by atoms with Crippen molar-refractivity contribution in [3.8, 4) is 5.75 Å². The number of imide groups is 1. The van der Waals surface area contributed by atoms with E-state index in [4.69, 9.17) is 0 Å². The number of ether oxygens (including phenoxy) is 1. The highest BCUT2D eigenvalue weighted by atomic mass is 32.2. The lowest BCUT2D eigenvalue weighted by molar-refractivity contribution is -0.274. The summed E-state index contributed by atoms with van der Waals surface area (Å²) < 4.78 is 69.6. The highest BCUT2D eigenvalue weighted by molar-refractivity contribution is 7.92. The standard InChI is InChI=1S/C29H30F3N5O6S/c1-17-14-20(37-25(39)27(3,4)35-26(37)40)15-18(2)22(17)8-13-44(41,42)36-11-9-28(10-12-36)24(38)33-23(34-28)19-6-5-7-21(16-19)43-29(30,31)32/h5-8,13-16H,9-12H2,1-4H3,(H,35,40)(H,33,34,38)/b13-8+. The van der Waals surface area contributed by atoms with E-state index in [-0.39, 0.29) is 37.3 Å². The van der Waals surface area contributed by atoms with Crippen LogP contribution in [0.25, 0.3) is 6.08 Å². The van der Waals surface area contributed by atoms with Gasteiger partial charge in [-0.25, -0.2) is 18.1 Å². The summed E-state index contributed by atoms with van der Waals surface area (Å²) >= 11 is 0. The Kier molecular flexibility index (Phi) is 7.61. The van der Waals surface area contributed by atoms with Gasteiger partial charge in [0, 0.05) is 24.1 Å². The zero-order valence-corrected chi connectivity index (χ0v) is 25.1. The third-order valence-corrected chi connectivity index (χ3v) is 9.40. The molecule has 0 radical (unpaired) electrons. The first-order valence-electron chi connectivity index (χ1n) is 13.6. The van der Waals surface area contributed by atoms with Crippen LogP contribution in [0.3, 0.4) is 0 Å². The second-order valence-corrected chi connectivity index (χ2v) is 13.3. The lowest BCUT2D eigenvalue weighted by atomic mass is 9.89. The second-order valence-electron chi connectivity index (χ2n) is 11.5. The summed E-state index contributed by atoms with van der Waals surface area (Å²) in [5, 5.41) is 6.32. The Hall–Kier alpha value is -4.24. The van der Waals surface area contributed by atoms with E-state index in [0.29, 0.717) is 22.4 Å². The van der Waals surface area contributed by atoms with E-state index in [0.717, 1.165) is 22.4 Å². The van der Waals surface area contributed by atoms with Crippen molar-refractivity contribution in [2.24, 2.45) is 4.99 Å². The minimum absolute atomic E-state index is 0.00698. The Bertz CT molecular complexity index is 1700. The van der Waals surface area contributed by atoms with Crippen LogP contribution in [-0.2, 0) is 19.6 Å². The predicted molar refractivity (Wildman–Crippen MR) is 155 cm³/mol. The average molecular weight is 634 g/mol. The van der Waals surface area contributed by atoms with Gasteiger partial charge in [-0.2, -0.15) is 4.31 Å². The summed E-state index contributed by atoms with van der Waals surface area (Å²) in [4.78, 5) is 43.6. The van der Waals surface area contributed by atoms with Gasteiger partial charge in [0.05, 0.1) is 5.69 Å². The smallest absolute Gasteiger partial charge is 0.406 e. The number of rotatable bonds is 6. The maximum atomic E-state index is 13.2. The van der Waals surface area contributed by atoms with E-state index in [9.17, 15) is 36.0 Å². The van der Waals surface area contributed by atoms with Gasteiger partial charge in [-0.1, -0.05) is 12.1 Å². The van der Waals surface area contributed by atoms with Crippen molar-refractivity contribution in [1.82, 2.24) is 14.9 Å². The maximum Gasteiger partial charge on any atom is 0.573 e. The van der Waals surface area contributed by atoms with Gasteiger partial charge in [0.2, 0.25) is 10.0 Å². The fourth-order valence-corrected chi connectivity index (χ4v) is 6.68. The van der Waals surface area contributed by atoms with Crippen LogP contribution in [0, 0.1) is 13.8 Å². The Balaban J connectivity index is 1.29. The number of sulfonamides is 1. The Labute approximate surface area is 251 Å². The SMILES string of the molecule is Cc1cc(N2C(=O)NC(C)(C)C2=O)cc(C)c1/C=C/S(=O)(=O)N1CCC2(CC1)N=C(c1cccc(OC(F)(F)F)c1)NC2=O. The Morgan fingerprint density at radius 2 is 1.66 bits per heavy atom. The average Bonchev–Trinajstić information content (AvgIpc) is 3.33. The van der Waals surface area contributed by atoms with Crippen molar-refractivity contribution in [3.05, 3.63) is 64.1 Å². The number of aryl methyl sites for hydroxylation is 2. The Morgan fingerprint density at radius 3 is 2.23 bits per heavy atom. The van der Waals surface area contributed by atoms with Crippen molar-refractivity contribution in [2.45, 2.75) is 58.0 Å². The highest BCUT2D eigenvalue weighted by Crippen LogP contribution is 2.34. The molecule has 2 aromatic rings. The van der Waals surface area contributed by atoms with E-state index >= 15 is 0 Å². The van der Waals surface area contributed by atoms with E-state index in [1.54, 1.807) is 39.8 Å². The molecule has 3 aliphatic heterocycles. The van der Waals surface area contributed by atoms with Gasteiger partial charge in [-0.15, -0.1) is 13.2 Å². The molecule has 0 unspecified atom stereocenters. The molecule has 0 atom stereocenters. The lowest BCUT2D eigenvalue weighted by Crippen LogP contribution is -2.50. The van der Waals surface area contributed by atoms with Crippen LogP contribution in [0.15, 0.2) is 46.8 Å². The van der Waals surface area contributed by atoms with E-state index in [1.165, 1.54) is 22.5 Å². The van der Waals surface area contributed by atoms with Crippen molar-refractivity contribution in [2.75, 3.05) is 18.0 Å². The molecular formula is C29H30F3N5O6S. The second kappa shape index (κ2) is 10.7. The molecule has 3 aliphatic rings. The molecule has 44 heavy (non-hydrogen) atoms. The van der Waals surface area contributed by atoms with Gasteiger partial charge in [-0.3, -0.25) is 14.6 Å². The number of alkyl halides is 3. The molecule has 2 N–H and O–H groups in total. The molecule has 5 rings (SSSR count). The van der Waals surface area contributed by atoms with Crippen LogP contribution in [0.4, 0.5) is 23.7 Å². The van der Waals surface area contributed by atoms with Crippen LogP contribution >= 0.6 is 0 Å². The zero-order valence-electron chi connectivity index (χ0n) is 24.3. The number of benzene rings is 2. The van der Waals surface area contributed by atoms with Gasteiger partial charge in [0.1, 0.15) is 22.7 Å². The number of carbonyl (C=O) groups is 3. The summed E-state index contributed by atoms with van der Waals surface area (Å²) in [7, 11) is -3.91.